The Kier molecular flexibility index (Phi) is 6.75. The summed E-state index contributed by atoms with van der Waals surface area (Å²) in [6, 6.07) is 7.90. The van der Waals surface area contributed by atoms with Crippen molar-refractivity contribution in [3.05, 3.63) is 29.8 Å². The van der Waals surface area contributed by atoms with Crippen LogP contribution in [0, 0.1) is 0 Å². The number of carbonyl (C=O) groups excluding carboxylic acids is 2. The lowest BCUT2D eigenvalue weighted by molar-refractivity contribution is -0.123. The number of hydrogen-bond donors (Lipinski definition) is 2. The van der Waals surface area contributed by atoms with Gasteiger partial charge in [-0.1, -0.05) is 12.1 Å². The summed E-state index contributed by atoms with van der Waals surface area (Å²) in [5.74, 6) is 0.872. The van der Waals surface area contributed by atoms with Crippen LogP contribution in [-0.4, -0.2) is 42.3 Å². The number of nitrogens with zero attached hydrogens (tertiary/aromatic N) is 1. The van der Waals surface area contributed by atoms with Gasteiger partial charge in [-0.2, -0.15) is 0 Å². The van der Waals surface area contributed by atoms with Crippen molar-refractivity contribution in [3.63, 3.8) is 0 Å². The lowest BCUT2D eigenvalue weighted by Gasteiger charge is -2.23. The molecule has 7 heteroatoms. The average Bonchev–Trinajstić information content (AvgIpc) is 2.80. The van der Waals surface area contributed by atoms with Crippen LogP contribution in [0.1, 0.15) is 25.3 Å². The van der Waals surface area contributed by atoms with Crippen molar-refractivity contribution in [2.24, 2.45) is 0 Å². The monoisotopic (exact) mass is 371 g/mol. The lowest BCUT2D eigenvalue weighted by atomic mass is 9.94. The van der Waals surface area contributed by atoms with Crippen LogP contribution in [0.5, 0.6) is 0 Å². The number of rotatable bonds is 9. The maximum atomic E-state index is 11.8. The third kappa shape index (κ3) is 4.77. The molecule has 0 aromatic heterocycles. The molecule has 1 aliphatic rings. The third-order valence-corrected chi connectivity index (χ3v) is 4.61. The predicted octanol–water partition coefficient (Wildman–Crippen LogP) is 2.89. The van der Waals surface area contributed by atoms with Crippen molar-refractivity contribution in [1.82, 2.24) is 10.6 Å². The molecule has 1 aromatic carbocycles. The van der Waals surface area contributed by atoms with Gasteiger partial charge in [-0.3, -0.25) is 10.1 Å². The minimum Gasteiger partial charge on any atom is -0.369 e. The Morgan fingerprint density at radius 3 is 2.21 bits per heavy atom. The number of halogens is 2. The van der Waals surface area contributed by atoms with Gasteiger partial charge in [0.2, 0.25) is 0 Å². The number of nitrogens with one attached hydrogen (secondary N) is 2. The van der Waals surface area contributed by atoms with Crippen molar-refractivity contribution < 1.29 is 9.59 Å². The fourth-order valence-electron chi connectivity index (χ4n) is 2.85. The Labute approximate surface area is 152 Å². The Bertz CT molecular complexity index is 574. The lowest BCUT2D eigenvalue weighted by Crippen LogP contribution is -2.43. The summed E-state index contributed by atoms with van der Waals surface area (Å²) in [4.78, 5) is 25.2. The minimum absolute atomic E-state index is 0.249. The number of carbonyl (C=O) groups is 2. The van der Waals surface area contributed by atoms with Crippen LogP contribution >= 0.6 is 23.2 Å². The van der Waals surface area contributed by atoms with Gasteiger partial charge in [0.25, 0.3) is 5.91 Å². The quantitative estimate of drug-likeness (QED) is 0.518. The first kappa shape index (κ1) is 18.9. The van der Waals surface area contributed by atoms with Crippen molar-refractivity contribution >= 4 is 40.8 Å². The van der Waals surface area contributed by atoms with Crippen molar-refractivity contribution in [3.8, 4) is 0 Å². The Balaban J connectivity index is 1.88. The van der Waals surface area contributed by atoms with Crippen LogP contribution < -0.4 is 15.5 Å². The molecule has 1 heterocycles. The molecule has 1 unspecified atom stereocenters. The highest BCUT2D eigenvalue weighted by Crippen LogP contribution is 2.20. The Hall–Kier alpha value is -1.46. The van der Waals surface area contributed by atoms with E-state index >= 15 is 0 Å². The molecule has 1 aliphatic heterocycles. The molecule has 1 saturated heterocycles. The van der Waals surface area contributed by atoms with E-state index < -0.39 is 11.6 Å². The van der Waals surface area contributed by atoms with E-state index in [-0.39, 0.29) is 5.91 Å². The first-order valence-electron chi connectivity index (χ1n) is 8.08. The van der Waals surface area contributed by atoms with Gasteiger partial charge in [-0.05, 0) is 43.9 Å². The number of aryl methyl sites for hydroxylation is 1. The summed E-state index contributed by atoms with van der Waals surface area (Å²) in [5, 5.41) is 4.97. The van der Waals surface area contributed by atoms with E-state index in [1.54, 1.807) is 6.92 Å². The first-order chi connectivity index (χ1) is 11.5. The van der Waals surface area contributed by atoms with Gasteiger partial charge in [0, 0.05) is 30.5 Å². The van der Waals surface area contributed by atoms with E-state index in [0.717, 1.165) is 31.6 Å². The molecule has 24 heavy (non-hydrogen) atoms. The molecule has 0 radical (unpaired) electrons. The highest BCUT2D eigenvalue weighted by atomic mass is 35.5. The second-order valence-corrected chi connectivity index (χ2v) is 6.88. The largest absolute Gasteiger partial charge is 0.369 e. The van der Waals surface area contributed by atoms with Crippen LogP contribution in [0.3, 0.4) is 0 Å². The molecular formula is C17H23Cl2N3O2. The van der Waals surface area contributed by atoms with Crippen LogP contribution in [0.2, 0.25) is 0 Å². The molecule has 1 fully saturated rings. The van der Waals surface area contributed by atoms with Crippen LogP contribution in [0.4, 0.5) is 10.5 Å². The second kappa shape index (κ2) is 8.58. The van der Waals surface area contributed by atoms with Gasteiger partial charge in [0.1, 0.15) is 5.54 Å². The van der Waals surface area contributed by atoms with E-state index in [1.807, 2.05) is 0 Å². The van der Waals surface area contributed by atoms with Gasteiger partial charge >= 0.3 is 6.03 Å². The number of imide groups is 1. The predicted molar refractivity (Wildman–Crippen MR) is 98.1 cm³/mol. The minimum atomic E-state index is -0.797. The van der Waals surface area contributed by atoms with E-state index in [4.69, 9.17) is 23.2 Å². The topological polar surface area (TPSA) is 61.4 Å². The molecule has 1 aromatic rings. The Morgan fingerprint density at radius 2 is 1.71 bits per heavy atom. The van der Waals surface area contributed by atoms with E-state index in [1.165, 1.54) is 5.56 Å². The molecule has 0 saturated carbocycles. The summed E-state index contributed by atoms with van der Waals surface area (Å²) >= 11 is 11.7. The van der Waals surface area contributed by atoms with Crippen LogP contribution in [0.15, 0.2) is 24.3 Å². The number of amides is 3. The summed E-state index contributed by atoms with van der Waals surface area (Å²) < 4.78 is 0. The second-order valence-electron chi connectivity index (χ2n) is 6.13. The van der Waals surface area contributed by atoms with Gasteiger partial charge in [0.15, 0.2) is 0 Å². The zero-order valence-electron chi connectivity index (χ0n) is 13.8. The maximum absolute atomic E-state index is 11.8. The molecule has 0 bridgehead atoms. The van der Waals surface area contributed by atoms with Crippen molar-refractivity contribution in [2.45, 2.75) is 31.7 Å². The standard InChI is InChI=1S/C17H23Cl2N3O2/c1-17(15(23)20-16(24)21-17)8-2-3-13-4-6-14(7-5-13)22(11-9-18)12-10-19/h4-7H,2-3,8-12H2,1H3,(H2,20,21,23,24). The fourth-order valence-corrected chi connectivity index (χ4v) is 3.26. The number of benzene rings is 1. The van der Waals surface area contributed by atoms with E-state index in [9.17, 15) is 9.59 Å². The third-order valence-electron chi connectivity index (χ3n) is 4.27. The summed E-state index contributed by atoms with van der Waals surface area (Å²) in [5.41, 5.74) is 1.51. The van der Waals surface area contributed by atoms with E-state index in [2.05, 4.69) is 39.8 Å². The molecule has 0 aliphatic carbocycles. The zero-order valence-corrected chi connectivity index (χ0v) is 15.3. The molecule has 0 spiro atoms. The van der Waals surface area contributed by atoms with Gasteiger partial charge < -0.3 is 10.2 Å². The maximum Gasteiger partial charge on any atom is 0.322 e. The highest BCUT2D eigenvalue weighted by molar-refractivity contribution is 6.18. The SMILES string of the molecule is CC1(CCCc2ccc(N(CCCl)CCCl)cc2)NC(=O)NC1=O. The van der Waals surface area contributed by atoms with Crippen LogP contribution in [-0.2, 0) is 11.2 Å². The van der Waals surface area contributed by atoms with Gasteiger partial charge in [-0.15, -0.1) is 23.2 Å². The van der Waals surface area contributed by atoms with Crippen LogP contribution in [0.25, 0.3) is 0 Å². The number of urea groups is 1. The molecule has 2 N–H and O–H groups in total. The number of hydrogen-bond acceptors (Lipinski definition) is 3. The molecule has 3 amide bonds. The Morgan fingerprint density at radius 1 is 1.08 bits per heavy atom. The molecule has 1 atom stereocenters. The normalized spacial score (nSPS) is 20.0. The van der Waals surface area contributed by atoms with Crippen molar-refractivity contribution in [2.75, 3.05) is 29.7 Å². The van der Waals surface area contributed by atoms with Gasteiger partial charge in [-0.25, -0.2) is 4.79 Å². The molecule has 2 rings (SSSR count). The summed E-state index contributed by atoms with van der Waals surface area (Å²) in [6.45, 7) is 3.29. The molecular weight excluding hydrogens is 349 g/mol. The number of anilines is 1. The summed E-state index contributed by atoms with van der Waals surface area (Å²) in [7, 11) is 0. The fraction of sp³-hybridized carbons (Fsp3) is 0.529. The summed E-state index contributed by atoms with van der Waals surface area (Å²) in [6.07, 6.45) is 2.28. The van der Waals surface area contributed by atoms with Crippen molar-refractivity contribution in [1.29, 1.82) is 0 Å². The average molecular weight is 372 g/mol. The number of alkyl halides is 2. The molecule has 5 nitrogen and oxygen atoms in total. The molecule has 132 valence electrons. The van der Waals surface area contributed by atoms with Gasteiger partial charge in [0.05, 0.1) is 0 Å². The highest BCUT2D eigenvalue weighted by Gasteiger charge is 2.40. The zero-order chi connectivity index (χ0) is 17.6. The van der Waals surface area contributed by atoms with E-state index in [0.29, 0.717) is 18.2 Å². The smallest absolute Gasteiger partial charge is 0.322 e. The first-order valence-corrected chi connectivity index (χ1v) is 9.15.